The zero-order chi connectivity index (χ0) is 11.5. The van der Waals surface area contributed by atoms with E-state index in [1.165, 1.54) is 11.8 Å². The number of aromatic nitrogens is 3. The average Bonchev–Trinajstić information content (AvgIpc) is 3.01. The number of H-pyrrole nitrogens is 1. The number of aromatic amines is 1. The number of rotatable bonds is 6. The van der Waals surface area contributed by atoms with Crippen LogP contribution in [0.4, 0.5) is 0 Å². The number of hydrogen-bond acceptors (Lipinski definition) is 5. The van der Waals surface area contributed by atoms with Crippen molar-refractivity contribution in [2.75, 3.05) is 19.5 Å². The third kappa shape index (κ3) is 2.66. The fourth-order valence-electron chi connectivity index (χ4n) is 1.49. The van der Waals surface area contributed by atoms with Crippen molar-refractivity contribution >= 4 is 11.8 Å². The predicted octanol–water partition coefficient (Wildman–Crippen LogP) is -0.0279. The first-order valence-corrected chi connectivity index (χ1v) is 6.25. The molecular formula is C9H16N4O2S. The highest BCUT2D eigenvalue weighted by Gasteiger charge is 2.28. The van der Waals surface area contributed by atoms with Crippen LogP contribution in [0.15, 0.2) is 9.95 Å². The van der Waals surface area contributed by atoms with Crippen molar-refractivity contribution in [3.05, 3.63) is 10.5 Å². The molecule has 1 aromatic heterocycles. The van der Waals surface area contributed by atoms with Crippen molar-refractivity contribution in [2.45, 2.75) is 30.1 Å². The summed E-state index contributed by atoms with van der Waals surface area (Å²) in [5.41, 5.74) is 5.69. The zero-order valence-electron chi connectivity index (χ0n) is 9.18. The van der Waals surface area contributed by atoms with Gasteiger partial charge >= 0.3 is 5.69 Å². The van der Waals surface area contributed by atoms with E-state index in [0.29, 0.717) is 18.4 Å². The Bertz CT molecular complexity index is 398. The Labute approximate surface area is 97.5 Å². The number of methoxy groups -OCH3 is 1. The second-order valence-corrected chi connectivity index (χ2v) is 4.93. The van der Waals surface area contributed by atoms with E-state index in [1.54, 1.807) is 11.7 Å². The number of nitrogens with zero attached hydrogens (tertiary/aromatic N) is 2. The van der Waals surface area contributed by atoms with Crippen LogP contribution in [-0.2, 0) is 4.74 Å². The third-order valence-electron chi connectivity index (χ3n) is 2.39. The van der Waals surface area contributed by atoms with E-state index in [9.17, 15) is 4.79 Å². The van der Waals surface area contributed by atoms with Gasteiger partial charge in [-0.15, -0.1) is 5.10 Å². The Morgan fingerprint density at radius 1 is 1.75 bits per heavy atom. The van der Waals surface area contributed by atoms with Gasteiger partial charge in [0.1, 0.15) is 0 Å². The lowest BCUT2D eigenvalue weighted by molar-refractivity contribution is 0.186. The molecule has 0 spiro atoms. The highest BCUT2D eigenvalue weighted by Crippen LogP contribution is 2.35. The molecule has 7 heteroatoms. The maximum Gasteiger partial charge on any atom is 0.344 e. The van der Waals surface area contributed by atoms with Crippen molar-refractivity contribution < 1.29 is 4.74 Å². The molecule has 90 valence electrons. The van der Waals surface area contributed by atoms with Gasteiger partial charge in [-0.3, -0.25) is 4.57 Å². The molecule has 1 fully saturated rings. The summed E-state index contributed by atoms with van der Waals surface area (Å²) in [7, 11) is 1.62. The van der Waals surface area contributed by atoms with Gasteiger partial charge in [-0.25, -0.2) is 9.89 Å². The van der Waals surface area contributed by atoms with Crippen molar-refractivity contribution in [1.29, 1.82) is 0 Å². The van der Waals surface area contributed by atoms with Crippen LogP contribution in [0.1, 0.15) is 18.9 Å². The van der Waals surface area contributed by atoms with Crippen LogP contribution in [-0.4, -0.2) is 40.3 Å². The fraction of sp³-hybridized carbons (Fsp3) is 0.778. The molecule has 0 bridgehead atoms. The van der Waals surface area contributed by atoms with Gasteiger partial charge in [0.25, 0.3) is 0 Å². The Kier molecular flexibility index (Phi) is 3.67. The lowest BCUT2D eigenvalue weighted by Crippen LogP contribution is -2.28. The summed E-state index contributed by atoms with van der Waals surface area (Å²) < 4.78 is 6.68. The predicted molar refractivity (Wildman–Crippen MR) is 61.7 cm³/mol. The maximum absolute atomic E-state index is 11.5. The number of nitrogens with one attached hydrogen (secondary N) is 1. The molecule has 2 rings (SSSR count). The minimum Gasteiger partial charge on any atom is -0.383 e. The standard InChI is InChI=1S/C9H16N4O2S/c1-15-4-6(10)5-16-9-12-11-8(14)13(9)7-2-3-7/h6-7H,2-5,10H2,1H3,(H,11,14). The highest BCUT2D eigenvalue weighted by atomic mass is 32.2. The first-order chi connectivity index (χ1) is 7.72. The molecule has 1 unspecified atom stereocenters. The topological polar surface area (TPSA) is 85.9 Å². The molecule has 0 radical (unpaired) electrons. The molecule has 16 heavy (non-hydrogen) atoms. The molecule has 1 aliphatic rings. The molecule has 1 heterocycles. The maximum atomic E-state index is 11.5. The number of nitrogens with two attached hydrogens (primary N) is 1. The van der Waals surface area contributed by atoms with Gasteiger partial charge in [0, 0.05) is 24.9 Å². The van der Waals surface area contributed by atoms with Crippen molar-refractivity contribution in [3.63, 3.8) is 0 Å². The van der Waals surface area contributed by atoms with Gasteiger partial charge in [-0.2, -0.15) is 0 Å². The molecule has 0 saturated heterocycles. The van der Waals surface area contributed by atoms with Crippen molar-refractivity contribution in [1.82, 2.24) is 14.8 Å². The molecule has 3 N–H and O–H groups in total. The van der Waals surface area contributed by atoms with E-state index < -0.39 is 0 Å². The van der Waals surface area contributed by atoms with Crippen LogP contribution in [0.25, 0.3) is 0 Å². The van der Waals surface area contributed by atoms with E-state index in [1.807, 2.05) is 0 Å². The normalized spacial score (nSPS) is 17.6. The molecule has 6 nitrogen and oxygen atoms in total. The summed E-state index contributed by atoms with van der Waals surface area (Å²) >= 11 is 1.50. The first-order valence-electron chi connectivity index (χ1n) is 5.26. The fourth-order valence-corrected chi connectivity index (χ4v) is 2.43. The second kappa shape index (κ2) is 5.03. The highest BCUT2D eigenvalue weighted by molar-refractivity contribution is 7.99. The Morgan fingerprint density at radius 2 is 2.50 bits per heavy atom. The smallest absolute Gasteiger partial charge is 0.344 e. The second-order valence-electron chi connectivity index (χ2n) is 3.94. The van der Waals surface area contributed by atoms with E-state index in [2.05, 4.69) is 10.2 Å². The number of thioether (sulfide) groups is 1. The van der Waals surface area contributed by atoms with Crippen LogP contribution in [0.5, 0.6) is 0 Å². The molecular weight excluding hydrogens is 228 g/mol. The monoisotopic (exact) mass is 244 g/mol. The molecule has 1 aromatic rings. The lowest BCUT2D eigenvalue weighted by atomic mass is 10.4. The van der Waals surface area contributed by atoms with Crippen molar-refractivity contribution in [3.8, 4) is 0 Å². The molecule has 0 aliphatic heterocycles. The SMILES string of the molecule is COCC(N)CSc1n[nH]c(=O)n1C1CC1. The molecule has 1 aliphatic carbocycles. The van der Waals surface area contributed by atoms with Gasteiger partial charge in [0.2, 0.25) is 0 Å². The van der Waals surface area contributed by atoms with Gasteiger partial charge in [-0.05, 0) is 12.8 Å². The average molecular weight is 244 g/mol. The van der Waals surface area contributed by atoms with Gasteiger partial charge in [0.15, 0.2) is 5.16 Å². The molecule has 1 atom stereocenters. The Morgan fingerprint density at radius 3 is 3.12 bits per heavy atom. The summed E-state index contributed by atoms with van der Waals surface area (Å²) in [5, 5.41) is 7.22. The van der Waals surface area contributed by atoms with E-state index in [-0.39, 0.29) is 11.7 Å². The van der Waals surface area contributed by atoms with Crippen LogP contribution >= 0.6 is 11.8 Å². The summed E-state index contributed by atoms with van der Waals surface area (Å²) in [4.78, 5) is 11.5. The van der Waals surface area contributed by atoms with Crippen LogP contribution < -0.4 is 11.4 Å². The van der Waals surface area contributed by atoms with Crippen LogP contribution in [0.2, 0.25) is 0 Å². The lowest BCUT2D eigenvalue weighted by Gasteiger charge is -2.09. The Hall–Kier alpha value is -0.790. The third-order valence-corrected chi connectivity index (χ3v) is 3.53. The molecule has 0 amide bonds. The molecule has 1 saturated carbocycles. The minimum atomic E-state index is -0.120. The van der Waals surface area contributed by atoms with E-state index in [4.69, 9.17) is 10.5 Å². The van der Waals surface area contributed by atoms with E-state index in [0.717, 1.165) is 18.0 Å². The molecule has 0 aromatic carbocycles. The van der Waals surface area contributed by atoms with Gasteiger partial charge in [-0.1, -0.05) is 11.8 Å². The Balaban J connectivity index is 1.96. The van der Waals surface area contributed by atoms with E-state index >= 15 is 0 Å². The summed E-state index contributed by atoms with van der Waals surface area (Å²) in [6, 6.07) is 0.307. The van der Waals surface area contributed by atoms with Gasteiger partial charge in [0.05, 0.1) is 6.61 Å². The zero-order valence-corrected chi connectivity index (χ0v) is 10.00. The first kappa shape index (κ1) is 11.7. The van der Waals surface area contributed by atoms with Crippen LogP contribution in [0.3, 0.4) is 0 Å². The summed E-state index contributed by atoms with van der Waals surface area (Å²) in [5.74, 6) is 0.699. The minimum absolute atomic E-state index is 0.0329. The quantitative estimate of drug-likeness (QED) is 0.686. The van der Waals surface area contributed by atoms with Gasteiger partial charge < -0.3 is 10.5 Å². The summed E-state index contributed by atoms with van der Waals surface area (Å²) in [6.45, 7) is 0.519. The largest absolute Gasteiger partial charge is 0.383 e. The number of ether oxygens (including phenoxy) is 1. The van der Waals surface area contributed by atoms with Crippen molar-refractivity contribution in [2.24, 2.45) is 5.73 Å². The summed E-state index contributed by atoms with van der Waals surface area (Å²) in [6.07, 6.45) is 2.13. The van der Waals surface area contributed by atoms with Crippen LogP contribution in [0, 0.1) is 0 Å². The number of hydrogen-bond donors (Lipinski definition) is 2.